The van der Waals surface area contributed by atoms with Crippen molar-refractivity contribution in [3.63, 3.8) is 0 Å². The smallest absolute Gasteiger partial charge is 0.0482 e. The molecule has 1 aliphatic carbocycles. The average Bonchev–Trinajstić information content (AvgIpc) is 2.64. The Kier molecular flexibility index (Phi) is 2.48. The largest absolute Gasteiger partial charge is 0.347 e. The second-order valence-electron chi connectivity index (χ2n) is 5.36. The maximum Gasteiger partial charge on any atom is 0.0482 e. The van der Waals surface area contributed by atoms with Crippen molar-refractivity contribution in [2.24, 2.45) is 7.05 Å². The fourth-order valence-electron chi connectivity index (χ4n) is 3.15. The van der Waals surface area contributed by atoms with E-state index in [4.69, 9.17) is 0 Å². The SMILES string of the molecule is CN(C)C1CCc2c(c3ccccc3n2C)C1. The first-order chi connectivity index (χ1) is 8.18. The van der Waals surface area contributed by atoms with E-state index in [0.29, 0.717) is 6.04 Å². The minimum Gasteiger partial charge on any atom is -0.347 e. The highest BCUT2D eigenvalue weighted by Crippen LogP contribution is 2.32. The number of aryl methyl sites for hydroxylation is 1. The molecule has 1 atom stereocenters. The molecule has 17 heavy (non-hydrogen) atoms. The van der Waals surface area contributed by atoms with Crippen LogP contribution in [0, 0.1) is 0 Å². The highest BCUT2D eigenvalue weighted by atomic mass is 15.1. The lowest BCUT2D eigenvalue weighted by Crippen LogP contribution is -2.33. The molecule has 3 rings (SSSR count). The van der Waals surface area contributed by atoms with Crippen molar-refractivity contribution < 1.29 is 0 Å². The van der Waals surface area contributed by atoms with Gasteiger partial charge >= 0.3 is 0 Å². The number of fused-ring (bicyclic) bond motifs is 3. The zero-order valence-corrected chi connectivity index (χ0v) is 10.9. The van der Waals surface area contributed by atoms with Gasteiger partial charge in [-0.3, -0.25) is 0 Å². The van der Waals surface area contributed by atoms with E-state index in [9.17, 15) is 0 Å². The van der Waals surface area contributed by atoms with Crippen LogP contribution in [0.4, 0.5) is 0 Å². The summed E-state index contributed by atoms with van der Waals surface area (Å²) < 4.78 is 2.39. The normalized spacial score (nSPS) is 19.9. The maximum absolute atomic E-state index is 2.39. The summed E-state index contributed by atoms with van der Waals surface area (Å²) in [6.45, 7) is 0. The summed E-state index contributed by atoms with van der Waals surface area (Å²) in [6.07, 6.45) is 3.69. The molecule has 0 radical (unpaired) electrons. The first kappa shape index (κ1) is 10.8. The number of hydrogen-bond donors (Lipinski definition) is 0. The molecule has 2 aromatic rings. The second kappa shape index (κ2) is 3.88. The average molecular weight is 228 g/mol. The Morgan fingerprint density at radius 1 is 1.24 bits per heavy atom. The highest BCUT2D eigenvalue weighted by molar-refractivity contribution is 5.85. The van der Waals surface area contributed by atoms with Crippen molar-refractivity contribution >= 4 is 10.9 Å². The monoisotopic (exact) mass is 228 g/mol. The van der Waals surface area contributed by atoms with Crippen LogP contribution in [-0.2, 0) is 19.9 Å². The minimum absolute atomic E-state index is 0.702. The first-order valence-electron chi connectivity index (χ1n) is 6.40. The molecule has 1 unspecified atom stereocenters. The molecular formula is C15H20N2. The van der Waals surface area contributed by atoms with Gasteiger partial charge in [0.1, 0.15) is 0 Å². The van der Waals surface area contributed by atoms with Gasteiger partial charge in [0.05, 0.1) is 0 Å². The van der Waals surface area contributed by atoms with Crippen molar-refractivity contribution in [1.82, 2.24) is 9.47 Å². The molecule has 90 valence electrons. The van der Waals surface area contributed by atoms with Gasteiger partial charge in [0, 0.05) is 29.7 Å². The molecule has 0 bridgehead atoms. The van der Waals surface area contributed by atoms with Crippen LogP contribution < -0.4 is 0 Å². The molecular weight excluding hydrogens is 208 g/mol. The van der Waals surface area contributed by atoms with Gasteiger partial charge in [-0.25, -0.2) is 0 Å². The number of rotatable bonds is 1. The zero-order chi connectivity index (χ0) is 12.0. The number of nitrogens with zero attached hydrogens (tertiary/aromatic N) is 2. The van der Waals surface area contributed by atoms with Crippen molar-refractivity contribution in [1.29, 1.82) is 0 Å². The number of hydrogen-bond acceptors (Lipinski definition) is 1. The summed E-state index contributed by atoms with van der Waals surface area (Å²) in [5, 5.41) is 1.46. The molecule has 1 aromatic heterocycles. The molecule has 0 aliphatic heterocycles. The molecule has 1 heterocycles. The quantitative estimate of drug-likeness (QED) is 0.728. The van der Waals surface area contributed by atoms with Crippen LogP contribution in [0.2, 0.25) is 0 Å². The van der Waals surface area contributed by atoms with Crippen molar-refractivity contribution in [2.45, 2.75) is 25.3 Å². The van der Waals surface area contributed by atoms with Gasteiger partial charge < -0.3 is 9.47 Å². The van der Waals surface area contributed by atoms with E-state index in [1.807, 2.05) is 0 Å². The fraction of sp³-hybridized carbons (Fsp3) is 0.467. The van der Waals surface area contributed by atoms with E-state index in [0.717, 1.165) is 0 Å². The lowest BCUT2D eigenvalue weighted by molar-refractivity contribution is 0.267. The molecule has 0 fully saturated rings. The van der Waals surface area contributed by atoms with E-state index in [1.165, 1.54) is 30.2 Å². The summed E-state index contributed by atoms with van der Waals surface area (Å²) >= 11 is 0. The third-order valence-electron chi connectivity index (χ3n) is 4.23. The Balaban J connectivity index is 2.15. The van der Waals surface area contributed by atoms with E-state index >= 15 is 0 Å². The Morgan fingerprint density at radius 2 is 2.00 bits per heavy atom. The molecule has 0 saturated heterocycles. The van der Waals surface area contributed by atoms with Crippen LogP contribution in [0.1, 0.15) is 17.7 Å². The van der Waals surface area contributed by atoms with Gasteiger partial charge in [0.25, 0.3) is 0 Å². The number of para-hydroxylation sites is 1. The molecule has 2 nitrogen and oxygen atoms in total. The van der Waals surface area contributed by atoms with E-state index in [2.05, 4.69) is 54.9 Å². The van der Waals surface area contributed by atoms with Gasteiger partial charge in [0.2, 0.25) is 0 Å². The predicted octanol–water partition coefficient (Wildman–Crippen LogP) is 2.60. The highest BCUT2D eigenvalue weighted by Gasteiger charge is 2.24. The molecule has 0 N–H and O–H groups in total. The molecule has 0 spiro atoms. The summed E-state index contributed by atoms with van der Waals surface area (Å²) in [7, 11) is 6.60. The predicted molar refractivity (Wildman–Crippen MR) is 72.4 cm³/mol. The van der Waals surface area contributed by atoms with Crippen LogP contribution in [0.25, 0.3) is 10.9 Å². The van der Waals surface area contributed by atoms with Crippen LogP contribution in [-0.4, -0.2) is 29.6 Å². The van der Waals surface area contributed by atoms with Gasteiger partial charge in [-0.15, -0.1) is 0 Å². The third-order valence-corrected chi connectivity index (χ3v) is 4.23. The molecule has 1 aromatic carbocycles. The van der Waals surface area contributed by atoms with Crippen molar-refractivity contribution in [3.8, 4) is 0 Å². The van der Waals surface area contributed by atoms with Crippen molar-refractivity contribution in [3.05, 3.63) is 35.5 Å². The summed E-state index contributed by atoms with van der Waals surface area (Å²) in [4.78, 5) is 2.37. The number of benzene rings is 1. The standard InChI is InChI=1S/C15H20N2/c1-16(2)11-8-9-15-13(10-11)12-6-4-5-7-14(12)17(15)3/h4-7,11H,8-10H2,1-3H3. The third kappa shape index (κ3) is 1.59. The summed E-state index contributed by atoms with van der Waals surface area (Å²) in [5.74, 6) is 0. The second-order valence-corrected chi connectivity index (χ2v) is 5.36. The van der Waals surface area contributed by atoms with Crippen molar-refractivity contribution in [2.75, 3.05) is 14.1 Å². The Hall–Kier alpha value is -1.28. The van der Waals surface area contributed by atoms with Crippen LogP contribution >= 0.6 is 0 Å². The minimum atomic E-state index is 0.702. The van der Waals surface area contributed by atoms with E-state index < -0.39 is 0 Å². The van der Waals surface area contributed by atoms with Crippen LogP contribution in [0.3, 0.4) is 0 Å². The topological polar surface area (TPSA) is 8.17 Å². The Morgan fingerprint density at radius 3 is 2.76 bits per heavy atom. The number of likely N-dealkylation sites (N-methyl/N-ethyl adjacent to an activating group) is 1. The lowest BCUT2D eigenvalue weighted by atomic mass is 9.91. The zero-order valence-electron chi connectivity index (χ0n) is 10.9. The fourth-order valence-corrected chi connectivity index (χ4v) is 3.15. The van der Waals surface area contributed by atoms with Gasteiger partial charge in [0.15, 0.2) is 0 Å². The number of aromatic nitrogens is 1. The van der Waals surface area contributed by atoms with E-state index in [-0.39, 0.29) is 0 Å². The molecule has 1 aliphatic rings. The molecule has 0 amide bonds. The molecule has 0 saturated carbocycles. The Labute approximate surface area is 103 Å². The van der Waals surface area contributed by atoms with Gasteiger partial charge in [-0.1, -0.05) is 18.2 Å². The molecule has 2 heteroatoms. The van der Waals surface area contributed by atoms with Crippen LogP contribution in [0.5, 0.6) is 0 Å². The first-order valence-corrected chi connectivity index (χ1v) is 6.40. The Bertz CT molecular complexity index is 551. The van der Waals surface area contributed by atoms with Gasteiger partial charge in [-0.05, 0) is 45.0 Å². The van der Waals surface area contributed by atoms with Gasteiger partial charge in [-0.2, -0.15) is 0 Å². The summed E-state index contributed by atoms with van der Waals surface area (Å²) in [6, 6.07) is 9.50. The lowest BCUT2D eigenvalue weighted by Gasteiger charge is -2.28. The van der Waals surface area contributed by atoms with Crippen LogP contribution in [0.15, 0.2) is 24.3 Å². The summed E-state index contributed by atoms with van der Waals surface area (Å²) in [5.41, 5.74) is 4.51. The maximum atomic E-state index is 2.39. The van der Waals surface area contributed by atoms with E-state index in [1.54, 1.807) is 11.3 Å².